The molecule has 0 aliphatic heterocycles. The number of amides is 1. The van der Waals surface area contributed by atoms with Crippen molar-refractivity contribution >= 4 is 23.8 Å². The van der Waals surface area contributed by atoms with Gasteiger partial charge in [-0.2, -0.15) is 0 Å². The van der Waals surface area contributed by atoms with E-state index in [0.29, 0.717) is 10.2 Å². The molecule has 0 unspecified atom stereocenters. The van der Waals surface area contributed by atoms with Crippen LogP contribution < -0.4 is 5.32 Å². The van der Waals surface area contributed by atoms with Gasteiger partial charge >= 0.3 is 0 Å². The van der Waals surface area contributed by atoms with Gasteiger partial charge in [0.1, 0.15) is 4.64 Å². The molecule has 0 radical (unpaired) electrons. The minimum Gasteiger partial charge on any atom is -0.322 e. The fourth-order valence-corrected chi connectivity index (χ4v) is 1.96. The highest BCUT2D eigenvalue weighted by Crippen LogP contribution is 2.12. The maximum atomic E-state index is 12.1. The summed E-state index contributed by atoms with van der Waals surface area (Å²) in [5, 5.41) is 5.81. The minimum absolute atomic E-state index is 0.185. The van der Waals surface area contributed by atoms with Crippen molar-refractivity contribution in [2.45, 2.75) is 6.92 Å². The number of carbonyl (C=O) groups excluding carboxylic acids is 1. The molecule has 2 rings (SSSR count). The number of nitrogens with zero attached hydrogens (tertiary/aromatic N) is 1. The van der Waals surface area contributed by atoms with Crippen LogP contribution in [0.3, 0.4) is 0 Å². The van der Waals surface area contributed by atoms with Crippen molar-refractivity contribution in [1.29, 1.82) is 0 Å². The smallest absolute Gasteiger partial charge is 0.260 e. The first-order valence-electron chi connectivity index (χ1n) is 5.21. The van der Waals surface area contributed by atoms with Gasteiger partial charge in [-0.05, 0) is 19.1 Å². The Morgan fingerprint density at radius 2 is 2.00 bits per heavy atom. The van der Waals surface area contributed by atoms with E-state index in [-0.39, 0.29) is 5.91 Å². The first-order chi connectivity index (χ1) is 8.09. The molecular formula is C12H13N3OS. The highest BCUT2D eigenvalue weighted by molar-refractivity contribution is 7.71. The van der Waals surface area contributed by atoms with E-state index < -0.39 is 0 Å². The number of nitrogens with one attached hydrogen (secondary N) is 2. The lowest BCUT2D eigenvalue weighted by molar-refractivity contribution is 0.102. The van der Waals surface area contributed by atoms with Crippen LogP contribution in [0.1, 0.15) is 16.1 Å². The number of aryl methyl sites for hydroxylation is 2. The first-order valence-corrected chi connectivity index (χ1v) is 5.62. The maximum Gasteiger partial charge on any atom is 0.260 e. The third-order valence-corrected chi connectivity index (χ3v) is 2.97. The van der Waals surface area contributed by atoms with Crippen LogP contribution in [0.5, 0.6) is 0 Å². The maximum absolute atomic E-state index is 12.1. The zero-order valence-corrected chi connectivity index (χ0v) is 10.5. The Labute approximate surface area is 104 Å². The summed E-state index contributed by atoms with van der Waals surface area (Å²) in [5.74, 6) is -0.185. The van der Waals surface area contributed by atoms with Crippen molar-refractivity contribution in [2.24, 2.45) is 7.05 Å². The Balaban J connectivity index is 2.30. The fraction of sp³-hybridized carbons (Fsp3) is 0.167. The third-order valence-electron chi connectivity index (χ3n) is 2.49. The average Bonchev–Trinajstić information content (AvgIpc) is 2.54. The predicted octanol–water partition coefficient (Wildman–Crippen LogP) is 2.64. The summed E-state index contributed by atoms with van der Waals surface area (Å²) in [6.07, 6.45) is 0. The number of aromatic amines is 1. The molecule has 0 saturated carbocycles. The van der Waals surface area contributed by atoms with Crippen LogP contribution in [-0.4, -0.2) is 15.7 Å². The normalized spacial score (nSPS) is 10.2. The summed E-state index contributed by atoms with van der Waals surface area (Å²) in [5.41, 5.74) is 2.05. The van der Waals surface area contributed by atoms with E-state index in [2.05, 4.69) is 10.4 Å². The second-order valence-electron chi connectivity index (χ2n) is 3.80. The highest BCUT2D eigenvalue weighted by Gasteiger charge is 2.14. The quantitative estimate of drug-likeness (QED) is 0.801. The van der Waals surface area contributed by atoms with E-state index in [4.69, 9.17) is 12.2 Å². The number of anilines is 1. The fourth-order valence-electron chi connectivity index (χ4n) is 1.67. The molecule has 0 saturated heterocycles. The summed E-state index contributed by atoms with van der Waals surface area (Å²) >= 11 is 5.18. The second-order valence-corrected chi connectivity index (χ2v) is 4.18. The third kappa shape index (κ3) is 2.29. The summed E-state index contributed by atoms with van der Waals surface area (Å²) in [7, 11) is 1.79. The van der Waals surface area contributed by atoms with Crippen LogP contribution in [0, 0.1) is 11.6 Å². The van der Waals surface area contributed by atoms with Crippen LogP contribution in [-0.2, 0) is 7.05 Å². The summed E-state index contributed by atoms with van der Waals surface area (Å²) in [6, 6.07) is 9.31. The largest absolute Gasteiger partial charge is 0.322 e. The molecule has 5 heteroatoms. The van der Waals surface area contributed by atoms with Crippen molar-refractivity contribution in [2.75, 3.05) is 5.32 Å². The zero-order chi connectivity index (χ0) is 12.4. The van der Waals surface area contributed by atoms with Crippen LogP contribution in [0.4, 0.5) is 5.69 Å². The van der Waals surface area contributed by atoms with Crippen molar-refractivity contribution in [3.8, 4) is 0 Å². The number of aromatic nitrogens is 2. The van der Waals surface area contributed by atoms with Crippen molar-refractivity contribution in [3.05, 3.63) is 46.2 Å². The van der Waals surface area contributed by atoms with E-state index in [1.54, 1.807) is 11.7 Å². The molecule has 1 heterocycles. The molecule has 0 atom stereocenters. The van der Waals surface area contributed by atoms with Gasteiger partial charge in [0.25, 0.3) is 5.91 Å². The lowest BCUT2D eigenvalue weighted by Gasteiger charge is -2.03. The van der Waals surface area contributed by atoms with Crippen molar-refractivity contribution in [1.82, 2.24) is 9.78 Å². The molecule has 0 aliphatic rings. The summed E-state index contributed by atoms with van der Waals surface area (Å²) in [6.45, 7) is 1.83. The van der Waals surface area contributed by atoms with Gasteiger partial charge in [-0.1, -0.05) is 30.4 Å². The van der Waals surface area contributed by atoms with E-state index in [9.17, 15) is 4.79 Å². The number of para-hydroxylation sites is 1. The molecule has 1 aromatic heterocycles. The minimum atomic E-state index is -0.185. The van der Waals surface area contributed by atoms with Gasteiger partial charge in [0.05, 0.1) is 5.56 Å². The number of rotatable bonds is 2. The molecule has 0 bridgehead atoms. The summed E-state index contributed by atoms with van der Waals surface area (Å²) in [4.78, 5) is 12.1. The van der Waals surface area contributed by atoms with Crippen LogP contribution >= 0.6 is 12.2 Å². The molecule has 88 valence electrons. The molecule has 2 N–H and O–H groups in total. The van der Waals surface area contributed by atoms with E-state index in [0.717, 1.165) is 11.4 Å². The lowest BCUT2D eigenvalue weighted by Crippen LogP contribution is -2.12. The number of carbonyl (C=O) groups is 1. The Morgan fingerprint density at radius 1 is 1.35 bits per heavy atom. The highest BCUT2D eigenvalue weighted by atomic mass is 32.1. The molecule has 2 aromatic rings. The van der Waals surface area contributed by atoms with Crippen LogP contribution in [0.15, 0.2) is 30.3 Å². The molecule has 0 fully saturated rings. The molecule has 1 aromatic carbocycles. The molecular weight excluding hydrogens is 234 g/mol. The molecule has 0 aliphatic carbocycles. The monoisotopic (exact) mass is 247 g/mol. The number of hydrogen-bond donors (Lipinski definition) is 2. The van der Waals surface area contributed by atoms with E-state index in [1.807, 2.05) is 37.3 Å². The second kappa shape index (κ2) is 4.55. The van der Waals surface area contributed by atoms with Gasteiger partial charge in [0.15, 0.2) is 0 Å². The number of H-pyrrole nitrogens is 1. The van der Waals surface area contributed by atoms with E-state index >= 15 is 0 Å². The number of hydrogen-bond acceptors (Lipinski definition) is 2. The Morgan fingerprint density at radius 3 is 2.53 bits per heavy atom. The van der Waals surface area contributed by atoms with Gasteiger partial charge < -0.3 is 10.4 Å². The first kappa shape index (κ1) is 11.6. The number of benzene rings is 1. The van der Waals surface area contributed by atoms with Gasteiger partial charge in [0, 0.05) is 18.4 Å². The Bertz CT molecular complexity index is 598. The Hall–Kier alpha value is -1.88. The lowest BCUT2D eigenvalue weighted by atomic mass is 10.2. The van der Waals surface area contributed by atoms with Gasteiger partial charge in [-0.25, -0.2) is 0 Å². The van der Waals surface area contributed by atoms with Crippen molar-refractivity contribution < 1.29 is 4.79 Å². The topological polar surface area (TPSA) is 49.8 Å². The molecule has 0 spiro atoms. The van der Waals surface area contributed by atoms with Gasteiger partial charge in [0.2, 0.25) is 0 Å². The van der Waals surface area contributed by atoms with E-state index in [1.165, 1.54) is 0 Å². The Kier molecular flexibility index (Phi) is 3.10. The standard InChI is InChI=1S/C12H13N3OS/c1-8-10(12(17)15(2)14-8)11(16)13-9-6-4-3-5-7-9/h3-7,14H,1-2H3,(H,13,16). The van der Waals surface area contributed by atoms with Gasteiger partial charge in [-0.3, -0.25) is 9.48 Å². The zero-order valence-electron chi connectivity index (χ0n) is 9.65. The molecule has 4 nitrogen and oxygen atoms in total. The van der Waals surface area contributed by atoms with Gasteiger partial charge in [-0.15, -0.1) is 0 Å². The molecule has 17 heavy (non-hydrogen) atoms. The van der Waals surface area contributed by atoms with Crippen LogP contribution in [0.25, 0.3) is 0 Å². The molecule has 1 amide bonds. The SMILES string of the molecule is Cc1[nH]n(C)c(=S)c1C(=O)Nc1ccccc1. The summed E-state index contributed by atoms with van der Waals surface area (Å²) < 4.78 is 2.17. The predicted molar refractivity (Wildman–Crippen MR) is 69.7 cm³/mol. The average molecular weight is 247 g/mol. The van der Waals surface area contributed by atoms with Crippen molar-refractivity contribution in [3.63, 3.8) is 0 Å². The van der Waals surface area contributed by atoms with Crippen LogP contribution in [0.2, 0.25) is 0 Å².